The number of hydrogen-bond donors (Lipinski definition) is 1. The molecule has 1 aromatic carbocycles. The minimum atomic E-state index is -0.229. The molecule has 4 nitrogen and oxygen atoms in total. The number of ether oxygens (including phenoxy) is 1. The lowest BCUT2D eigenvalue weighted by Gasteiger charge is -2.23. The molecule has 0 aromatic heterocycles. The van der Waals surface area contributed by atoms with Crippen molar-refractivity contribution in [3.63, 3.8) is 0 Å². The van der Waals surface area contributed by atoms with Gasteiger partial charge in [-0.3, -0.25) is 4.79 Å². The van der Waals surface area contributed by atoms with Gasteiger partial charge in [0.05, 0.1) is 12.2 Å². The minimum Gasteiger partial charge on any atom is -0.462 e. The highest BCUT2D eigenvalue weighted by Crippen LogP contribution is 2.15. The fourth-order valence-corrected chi connectivity index (χ4v) is 2.78. The van der Waals surface area contributed by atoms with Crippen LogP contribution in [-0.4, -0.2) is 24.5 Å². The van der Waals surface area contributed by atoms with E-state index in [0.29, 0.717) is 12.2 Å². The zero-order valence-corrected chi connectivity index (χ0v) is 15.8. The number of benzene rings is 1. The van der Waals surface area contributed by atoms with Gasteiger partial charge < -0.3 is 10.1 Å². The van der Waals surface area contributed by atoms with Crippen LogP contribution in [0.15, 0.2) is 30.3 Å². The first-order valence-electron chi connectivity index (χ1n) is 9.49. The number of amides is 1. The Kier molecular flexibility index (Phi) is 10.6. The number of esters is 1. The molecule has 1 rings (SSSR count). The molecule has 0 aliphatic carbocycles. The summed E-state index contributed by atoms with van der Waals surface area (Å²) in [5.41, 5.74) is 0.535. The normalized spacial score (nSPS) is 11.1. The minimum absolute atomic E-state index is 0.0844. The Balaban J connectivity index is 1.89. The molecule has 0 fully saturated rings. The Labute approximate surface area is 152 Å². The molecule has 0 spiro atoms. The SMILES string of the molecule is CC(C)(CCCCCCCCCCOC(=O)c1ccccc1)NC=O. The molecule has 4 heteroatoms. The van der Waals surface area contributed by atoms with Crippen LogP contribution in [0.4, 0.5) is 0 Å². The topological polar surface area (TPSA) is 55.4 Å². The summed E-state index contributed by atoms with van der Waals surface area (Å²) < 4.78 is 5.27. The van der Waals surface area contributed by atoms with Gasteiger partial charge in [0.15, 0.2) is 0 Å². The molecular weight excluding hydrogens is 314 g/mol. The van der Waals surface area contributed by atoms with E-state index >= 15 is 0 Å². The molecule has 0 saturated heterocycles. The van der Waals surface area contributed by atoms with Crippen molar-refractivity contribution in [3.8, 4) is 0 Å². The Hall–Kier alpha value is -1.84. The highest BCUT2D eigenvalue weighted by Gasteiger charge is 2.14. The molecule has 0 radical (unpaired) electrons. The van der Waals surface area contributed by atoms with Crippen molar-refractivity contribution in [2.45, 2.75) is 77.2 Å². The summed E-state index contributed by atoms with van der Waals surface area (Å²) in [5.74, 6) is -0.229. The van der Waals surface area contributed by atoms with Crippen LogP contribution >= 0.6 is 0 Å². The van der Waals surface area contributed by atoms with Crippen molar-refractivity contribution < 1.29 is 14.3 Å². The number of nitrogens with one attached hydrogen (secondary N) is 1. The Bertz CT molecular complexity index is 485. The predicted octanol–water partition coefficient (Wildman–Crippen LogP) is 4.88. The summed E-state index contributed by atoms with van der Waals surface area (Å²) in [6.07, 6.45) is 11.2. The van der Waals surface area contributed by atoms with Crippen molar-refractivity contribution in [3.05, 3.63) is 35.9 Å². The van der Waals surface area contributed by atoms with Crippen LogP contribution in [0.1, 0.15) is 82.0 Å². The number of carbonyl (C=O) groups excluding carboxylic acids is 2. The van der Waals surface area contributed by atoms with Crippen LogP contribution in [0.2, 0.25) is 0 Å². The van der Waals surface area contributed by atoms with E-state index < -0.39 is 0 Å². The summed E-state index contributed by atoms with van der Waals surface area (Å²) >= 11 is 0. The van der Waals surface area contributed by atoms with E-state index in [2.05, 4.69) is 19.2 Å². The first-order valence-corrected chi connectivity index (χ1v) is 9.49. The van der Waals surface area contributed by atoms with E-state index in [1.165, 1.54) is 32.1 Å². The predicted molar refractivity (Wildman–Crippen MR) is 102 cm³/mol. The van der Waals surface area contributed by atoms with Gasteiger partial charge >= 0.3 is 5.97 Å². The zero-order valence-electron chi connectivity index (χ0n) is 15.8. The van der Waals surface area contributed by atoms with Gasteiger partial charge in [-0.25, -0.2) is 4.79 Å². The van der Waals surface area contributed by atoms with Gasteiger partial charge in [0, 0.05) is 5.54 Å². The fraction of sp³-hybridized carbons (Fsp3) is 0.619. The van der Waals surface area contributed by atoms with Crippen LogP contribution in [-0.2, 0) is 9.53 Å². The molecular formula is C21H33NO3. The van der Waals surface area contributed by atoms with Crippen molar-refractivity contribution in [1.82, 2.24) is 5.32 Å². The molecule has 0 aliphatic rings. The lowest BCUT2D eigenvalue weighted by molar-refractivity contribution is -0.111. The molecule has 0 saturated carbocycles. The van der Waals surface area contributed by atoms with Gasteiger partial charge in [0.2, 0.25) is 6.41 Å². The van der Waals surface area contributed by atoms with Crippen LogP contribution in [0.3, 0.4) is 0 Å². The summed E-state index contributed by atoms with van der Waals surface area (Å²) in [6, 6.07) is 9.13. The number of unbranched alkanes of at least 4 members (excludes halogenated alkanes) is 7. The molecule has 0 atom stereocenters. The Morgan fingerprint density at radius 1 is 0.960 bits per heavy atom. The van der Waals surface area contributed by atoms with Crippen molar-refractivity contribution >= 4 is 12.4 Å². The summed E-state index contributed by atoms with van der Waals surface area (Å²) in [4.78, 5) is 22.2. The number of rotatable bonds is 14. The lowest BCUT2D eigenvalue weighted by Crippen LogP contribution is -2.37. The number of carbonyl (C=O) groups is 2. The maximum atomic E-state index is 11.7. The van der Waals surface area contributed by atoms with E-state index in [9.17, 15) is 9.59 Å². The van der Waals surface area contributed by atoms with Gasteiger partial charge in [-0.2, -0.15) is 0 Å². The van der Waals surface area contributed by atoms with Gasteiger partial charge in [-0.1, -0.05) is 63.1 Å². The Morgan fingerprint density at radius 2 is 1.52 bits per heavy atom. The van der Waals surface area contributed by atoms with E-state index in [4.69, 9.17) is 4.74 Å². The molecule has 140 valence electrons. The first kappa shape index (κ1) is 21.2. The van der Waals surface area contributed by atoms with Crippen LogP contribution in [0, 0.1) is 0 Å². The van der Waals surface area contributed by atoms with E-state index in [1.807, 2.05) is 18.2 Å². The van der Waals surface area contributed by atoms with Crippen LogP contribution < -0.4 is 5.32 Å². The molecule has 0 aliphatic heterocycles. The first-order chi connectivity index (χ1) is 12.0. The largest absolute Gasteiger partial charge is 0.462 e. The molecule has 0 bridgehead atoms. The van der Waals surface area contributed by atoms with Crippen LogP contribution in [0.25, 0.3) is 0 Å². The molecule has 25 heavy (non-hydrogen) atoms. The number of hydrogen-bond acceptors (Lipinski definition) is 3. The average molecular weight is 347 g/mol. The van der Waals surface area contributed by atoms with Crippen LogP contribution in [0.5, 0.6) is 0 Å². The van der Waals surface area contributed by atoms with E-state index in [-0.39, 0.29) is 11.5 Å². The third-order valence-corrected chi connectivity index (χ3v) is 4.39. The summed E-state index contributed by atoms with van der Waals surface area (Å²) in [7, 11) is 0. The van der Waals surface area contributed by atoms with E-state index in [0.717, 1.165) is 32.1 Å². The maximum Gasteiger partial charge on any atom is 0.338 e. The molecule has 0 heterocycles. The second-order valence-corrected chi connectivity index (χ2v) is 7.23. The second kappa shape index (κ2) is 12.5. The highest BCUT2D eigenvalue weighted by molar-refractivity contribution is 5.89. The third-order valence-electron chi connectivity index (χ3n) is 4.39. The molecule has 1 amide bonds. The van der Waals surface area contributed by atoms with Gasteiger partial charge in [-0.15, -0.1) is 0 Å². The van der Waals surface area contributed by atoms with Gasteiger partial charge in [-0.05, 0) is 38.8 Å². The quantitative estimate of drug-likeness (QED) is 0.296. The smallest absolute Gasteiger partial charge is 0.338 e. The third kappa shape index (κ3) is 10.6. The van der Waals surface area contributed by atoms with E-state index in [1.54, 1.807) is 12.1 Å². The average Bonchev–Trinajstić information content (AvgIpc) is 2.60. The van der Waals surface area contributed by atoms with Gasteiger partial charge in [0.1, 0.15) is 0 Å². The zero-order chi connectivity index (χ0) is 18.4. The highest BCUT2D eigenvalue weighted by atomic mass is 16.5. The molecule has 0 unspecified atom stereocenters. The van der Waals surface area contributed by atoms with Crippen molar-refractivity contribution in [2.24, 2.45) is 0 Å². The summed E-state index contributed by atoms with van der Waals surface area (Å²) in [6.45, 7) is 4.63. The van der Waals surface area contributed by atoms with Gasteiger partial charge in [0.25, 0.3) is 0 Å². The summed E-state index contributed by atoms with van der Waals surface area (Å²) in [5, 5.41) is 2.85. The standard InChI is InChI=1S/C21H33NO3/c1-21(2,22-18-23)16-12-7-5-3-4-6-8-13-17-25-20(24)19-14-10-9-11-15-19/h9-11,14-15,18H,3-8,12-13,16-17H2,1-2H3,(H,22,23). The monoisotopic (exact) mass is 347 g/mol. The maximum absolute atomic E-state index is 11.7. The molecule has 1 aromatic rings. The lowest BCUT2D eigenvalue weighted by atomic mass is 9.96. The fourth-order valence-electron chi connectivity index (χ4n) is 2.78. The molecule has 1 N–H and O–H groups in total. The van der Waals surface area contributed by atoms with Crippen molar-refractivity contribution in [2.75, 3.05) is 6.61 Å². The Morgan fingerprint density at radius 3 is 2.12 bits per heavy atom. The second-order valence-electron chi connectivity index (χ2n) is 7.23. The van der Waals surface area contributed by atoms with Crippen molar-refractivity contribution in [1.29, 1.82) is 0 Å².